The summed E-state index contributed by atoms with van der Waals surface area (Å²) in [6.07, 6.45) is 1.49. The molecule has 104 valence electrons. The zero-order chi connectivity index (χ0) is 14.6. The summed E-state index contributed by atoms with van der Waals surface area (Å²) in [6.45, 7) is 0. The van der Waals surface area contributed by atoms with E-state index in [9.17, 15) is 8.42 Å². The number of benzene rings is 2. The van der Waals surface area contributed by atoms with E-state index in [1.54, 1.807) is 42.5 Å². The highest BCUT2D eigenvalue weighted by Crippen LogP contribution is 2.17. The Morgan fingerprint density at radius 2 is 1.65 bits per heavy atom. The second kappa shape index (κ2) is 6.31. The molecule has 0 aliphatic rings. The van der Waals surface area contributed by atoms with Crippen LogP contribution in [0.15, 0.2) is 53.9 Å². The second-order valence-corrected chi connectivity index (χ2v) is 6.45. The maximum Gasteiger partial charge on any atom is 0.255 e. The van der Waals surface area contributed by atoms with Gasteiger partial charge in [0.15, 0.2) is 0 Å². The van der Waals surface area contributed by atoms with E-state index in [0.29, 0.717) is 15.7 Å². The minimum absolute atomic E-state index is 0.415. The normalized spacial score (nSPS) is 11.7. The van der Waals surface area contributed by atoms with Gasteiger partial charge in [-0.1, -0.05) is 41.4 Å². The van der Waals surface area contributed by atoms with Gasteiger partial charge in [0.05, 0.1) is 11.1 Å². The third-order valence-corrected chi connectivity index (χ3v) is 3.90. The summed E-state index contributed by atoms with van der Waals surface area (Å²) in [5, 5.41) is 2.16. The Kier molecular flexibility index (Phi) is 4.70. The predicted molar refractivity (Wildman–Crippen MR) is 84.5 cm³/mol. The van der Waals surface area contributed by atoms with Crippen molar-refractivity contribution in [3.63, 3.8) is 0 Å². The van der Waals surface area contributed by atoms with E-state index in [1.807, 2.05) is 0 Å². The van der Waals surface area contributed by atoms with Crippen LogP contribution >= 0.6 is 23.2 Å². The van der Waals surface area contributed by atoms with Gasteiger partial charge in [0, 0.05) is 10.0 Å². The first-order chi connectivity index (χ1) is 9.44. The van der Waals surface area contributed by atoms with Crippen molar-refractivity contribution >= 4 is 45.0 Å². The van der Waals surface area contributed by atoms with Crippen LogP contribution < -0.4 is 4.72 Å². The van der Waals surface area contributed by atoms with Gasteiger partial charge in [-0.15, -0.1) is 0 Å². The van der Waals surface area contributed by atoms with Crippen LogP contribution in [-0.2, 0) is 10.0 Å². The highest BCUT2D eigenvalue weighted by molar-refractivity contribution is 7.95. The molecule has 0 atom stereocenters. The van der Waals surface area contributed by atoms with Crippen LogP contribution in [0.5, 0.6) is 0 Å². The molecule has 3 nitrogen and oxygen atoms in total. The minimum Gasteiger partial charge on any atom is -0.280 e. The largest absolute Gasteiger partial charge is 0.280 e. The summed E-state index contributed by atoms with van der Waals surface area (Å²) in [4.78, 5) is 0. The molecular weight excluding hydrogens is 317 g/mol. The molecule has 0 saturated heterocycles. The van der Waals surface area contributed by atoms with Crippen LogP contribution in [0.4, 0.5) is 5.69 Å². The number of rotatable bonds is 4. The summed E-state index contributed by atoms with van der Waals surface area (Å²) in [5.41, 5.74) is 1.16. The Bertz CT molecular complexity index is 725. The van der Waals surface area contributed by atoms with Crippen molar-refractivity contribution in [2.24, 2.45) is 0 Å². The van der Waals surface area contributed by atoms with Crippen LogP contribution in [0, 0.1) is 0 Å². The zero-order valence-corrected chi connectivity index (χ0v) is 12.6. The van der Waals surface area contributed by atoms with Crippen molar-refractivity contribution in [1.82, 2.24) is 0 Å². The quantitative estimate of drug-likeness (QED) is 0.904. The average Bonchev–Trinajstić information content (AvgIpc) is 2.37. The first kappa shape index (κ1) is 14.9. The Labute approximate surface area is 127 Å². The maximum absolute atomic E-state index is 11.9. The topological polar surface area (TPSA) is 46.2 Å². The van der Waals surface area contributed by atoms with E-state index in [1.165, 1.54) is 12.1 Å². The van der Waals surface area contributed by atoms with Crippen LogP contribution in [-0.4, -0.2) is 8.42 Å². The molecule has 6 heteroatoms. The van der Waals surface area contributed by atoms with Crippen molar-refractivity contribution < 1.29 is 8.42 Å². The molecule has 0 spiro atoms. The van der Waals surface area contributed by atoms with Gasteiger partial charge in [-0.3, -0.25) is 4.72 Å². The van der Waals surface area contributed by atoms with Gasteiger partial charge in [-0.2, -0.15) is 0 Å². The van der Waals surface area contributed by atoms with Crippen LogP contribution in [0.3, 0.4) is 0 Å². The van der Waals surface area contributed by atoms with E-state index >= 15 is 0 Å². The van der Waals surface area contributed by atoms with Gasteiger partial charge in [-0.05, 0) is 42.0 Å². The molecule has 0 unspecified atom stereocenters. The van der Waals surface area contributed by atoms with Crippen molar-refractivity contribution in [2.75, 3.05) is 4.72 Å². The fourth-order valence-corrected chi connectivity index (χ4v) is 2.67. The summed E-state index contributed by atoms with van der Waals surface area (Å²) < 4.78 is 26.2. The summed E-state index contributed by atoms with van der Waals surface area (Å²) in [6, 6.07) is 13.3. The molecule has 0 amide bonds. The van der Waals surface area contributed by atoms with Gasteiger partial charge in [0.1, 0.15) is 0 Å². The van der Waals surface area contributed by atoms with E-state index in [0.717, 1.165) is 11.0 Å². The Hall–Kier alpha value is -1.49. The third-order valence-electron chi connectivity index (χ3n) is 2.39. The van der Waals surface area contributed by atoms with E-state index in [2.05, 4.69) is 4.72 Å². The summed E-state index contributed by atoms with van der Waals surface area (Å²) in [7, 11) is -3.58. The number of hydrogen-bond donors (Lipinski definition) is 1. The van der Waals surface area contributed by atoms with Crippen molar-refractivity contribution in [1.29, 1.82) is 0 Å². The summed E-state index contributed by atoms with van der Waals surface area (Å²) >= 11 is 11.6. The number of sulfonamides is 1. The highest BCUT2D eigenvalue weighted by Gasteiger charge is 2.05. The monoisotopic (exact) mass is 327 g/mol. The Morgan fingerprint density at radius 1 is 0.950 bits per heavy atom. The van der Waals surface area contributed by atoms with Gasteiger partial charge >= 0.3 is 0 Å². The minimum atomic E-state index is -3.58. The van der Waals surface area contributed by atoms with Gasteiger partial charge < -0.3 is 0 Å². The SMILES string of the molecule is O=S(=O)(C=Cc1ccc(Cl)cc1)Nc1cccc(Cl)c1. The van der Waals surface area contributed by atoms with Crippen LogP contribution in [0.1, 0.15) is 5.56 Å². The molecule has 2 rings (SSSR count). The molecule has 0 bridgehead atoms. The van der Waals surface area contributed by atoms with E-state index < -0.39 is 10.0 Å². The number of nitrogens with one attached hydrogen (secondary N) is 1. The molecule has 0 aliphatic heterocycles. The van der Waals surface area contributed by atoms with Crippen LogP contribution in [0.25, 0.3) is 6.08 Å². The Morgan fingerprint density at radius 3 is 2.30 bits per heavy atom. The molecule has 0 fully saturated rings. The average molecular weight is 328 g/mol. The first-order valence-corrected chi connectivity index (χ1v) is 7.97. The molecule has 0 radical (unpaired) electrons. The zero-order valence-electron chi connectivity index (χ0n) is 10.3. The second-order valence-electron chi connectivity index (χ2n) is 4.01. The number of halogens is 2. The molecule has 20 heavy (non-hydrogen) atoms. The van der Waals surface area contributed by atoms with Gasteiger partial charge in [-0.25, -0.2) is 8.42 Å². The van der Waals surface area contributed by atoms with Crippen LogP contribution in [0.2, 0.25) is 10.0 Å². The highest BCUT2D eigenvalue weighted by atomic mass is 35.5. The molecule has 0 saturated carbocycles. The summed E-state index contributed by atoms with van der Waals surface area (Å²) in [5.74, 6) is 0. The maximum atomic E-state index is 11.9. The molecule has 0 aromatic heterocycles. The van der Waals surface area contributed by atoms with E-state index in [4.69, 9.17) is 23.2 Å². The molecule has 0 heterocycles. The Balaban J connectivity index is 2.13. The van der Waals surface area contributed by atoms with Crippen molar-refractivity contribution in [3.05, 3.63) is 69.5 Å². The predicted octanol–water partition coefficient (Wildman–Crippen LogP) is 4.41. The standard InChI is InChI=1S/C14H11Cl2NO2S/c15-12-6-4-11(5-7-12)8-9-20(18,19)17-14-3-1-2-13(16)10-14/h1-10,17H. The van der Waals surface area contributed by atoms with Crippen molar-refractivity contribution in [3.8, 4) is 0 Å². The van der Waals surface area contributed by atoms with Gasteiger partial charge in [0.25, 0.3) is 10.0 Å². The fraction of sp³-hybridized carbons (Fsp3) is 0. The molecular formula is C14H11Cl2NO2S. The number of anilines is 1. The van der Waals surface area contributed by atoms with Gasteiger partial charge in [0.2, 0.25) is 0 Å². The van der Waals surface area contributed by atoms with Crippen molar-refractivity contribution in [2.45, 2.75) is 0 Å². The third kappa shape index (κ3) is 4.56. The van der Waals surface area contributed by atoms with E-state index in [-0.39, 0.29) is 0 Å². The molecule has 2 aromatic carbocycles. The number of hydrogen-bond acceptors (Lipinski definition) is 2. The lowest BCUT2D eigenvalue weighted by atomic mass is 10.2. The lowest BCUT2D eigenvalue weighted by Gasteiger charge is -2.04. The molecule has 0 aliphatic carbocycles. The first-order valence-electron chi connectivity index (χ1n) is 5.67. The molecule has 2 aromatic rings. The lowest BCUT2D eigenvalue weighted by Crippen LogP contribution is -2.08. The lowest BCUT2D eigenvalue weighted by molar-refractivity contribution is 0.609. The fourth-order valence-electron chi connectivity index (χ4n) is 1.49. The molecule has 1 N–H and O–H groups in total. The smallest absolute Gasteiger partial charge is 0.255 e.